The summed E-state index contributed by atoms with van der Waals surface area (Å²) in [7, 11) is -3.77. The first-order valence-electron chi connectivity index (χ1n) is 9.72. The van der Waals surface area contributed by atoms with E-state index in [2.05, 4.69) is 10.6 Å². The van der Waals surface area contributed by atoms with Crippen LogP contribution in [0.3, 0.4) is 0 Å². The van der Waals surface area contributed by atoms with Crippen molar-refractivity contribution in [2.24, 2.45) is 0 Å². The topological polar surface area (TPSA) is 111 Å². The number of carbonyl (C=O) groups is 2. The van der Waals surface area contributed by atoms with Crippen molar-refractivity contribution in [1.82, 2.24) is 10.6 Å². The summed E-state index contributed by atoms with van der Waals surface area (Å²) in [5.41, 5.74) is 0.735. The van der Waals surface area contributed by atoms with Gasteiger partial charge in [0.1, 0.15) is 5.25 Å². The van der Waals surface area contributed by atoms with Crippen molar-refractivity contribution in [2.45, 2.75) is 16.7 Å². The van der Waals surface area contributed by atoms with Crippen LogP contribution >= 0.6 is 11.3 Å². The molecule has 0 saturated carbocycles. The van der Waals surface area contributed by atoms with Crippen LogP contribution in [0, 0.1) is 0 Å². The average Bonchev–Trinajstić information content (AvgIpc) is 3.49. The number of ether oxygens (including phenoxy) is 2. The van der Waals surface area contributed by atoms with E-state index in [1.54, 1.807) is 53.9 Å². The third-order valence-electron chi connectivity index (χ3n) is 4.85. The Balaban J connectivity index is 1.39. The fourth-order valence-corrected chi connectivity index (χ4v) is 6.00. The number of fused-ring (bicyclic) bond motifs is 1. The molecule has 1 aliphatic heterocycles. The Bertz CT molecular complexity index is 1210. The van der Waals surface area contributed by atoms with Gasteiger partial charge in [-0.05, 0) is 41.3 Å². The highest BCUT2D eigenvalue weighted by Crippen LogP contribution is 2.33. The maximum atomic E-state index is 13.1. The van der Waals surface area contributed by atoms with Crippen LogP contribution in [0.1, 0.15) is 15.7 Å². The second kappa shape index (κ2) is 9.41. The van der Waals surface area contributed by atoms with E-state index in [-0.39, 0.29) is 24.8 Å². The van der Waals surface area contributed by atoms with E-state index in [1.165, 1.54) is 23.5 Å². The van der Waals surface area contributed by atoms with E-state index in [9.17, 15) is 18.0 Å². The molecule has 2 N–H and O–H groups in total. The molecule has 1 aliphatic rings. The van der Waals surface area contributed by atoms with Gasteiger partial charge >= 0.3 is 11.8 Å². The molecular weight excluding hydrogens is 452 g/mol. The average molecular weight is 473 g/mol. The second-order valence-corrected chi connectivity index (χ2v) is 10.1. The van der Waals surface area contributed by atoms with Crippen LogP contribution < -0.4 is 20.1 Å². The molecule has 3 aromatic rings. The Hall–Kier alpha value is -3.37. The second-order valence-electron chi connectivity index (χ2n) is 6.94. The molecule has 0 saturated heterocycles. The van der Waals surface area contributed by atoms with Crippen LogP contribution in [0.2, 0.25) is 0 Å². The fourth-order valence-electron chi connectivity index (χ4n) is 3.19. The molecule has 32 heavy (non-hydrogen) atoms. The first kappa shape index (κ1) is 21.8. The smallest absolute Gasteiger partial charge is 0.309 e. The minimum Gasteiger partial charge on any atom is -0.454 e. The van der Waals surface area contributed by atoms with Gasteiger partial charge in [-0.25, -0.2) is 8.42 Å². The lowest BCUT2D eigenvalue weighted by Crippen LogP contribution is -2.42. The molecule has 1 atom stereocenters. The molecule has 0 aliphatic carbocycles. The van der Waals surface area contributed by atoms with Gasteiger partial charge in [-0.15, -0.1) is 11.3 Å². The SMILES string of the molecule is O=C(NCc1ccc2c(c1)OCO2)C(=O)NCC(c1cccs1)S(=O)(=O)c1ccccc1. The molecule has 8 nitrogen and oxygen atoms in total. The maximum Gasteiger partial charge on any atom is 0.309 e. The number of rotatable bonds is 7. The van der Waals surface area contributed by atoms with E-state index in [0.29, 0.717) is 16.4 Å². The Labute approximate surface area is 189 Å². The van der Waals surface area contributed by atoms with E-state index < -0.39 is 26.9 Å². The molecule has 0 spiro atoms. The summed E-state index contributed by atoms with van der Waals surface area (Å²) >= 11 is 1.28. The molecule has 1 unspecified atom stereocenters. The summed E-state index contributed by atoms with van der Waals surface area (Å²) < 4.78 is 36.8. The highest BCUT2D eigenvalue weighted by atomic mass is 32.2. The Morgan fingerprint density at radius 1 is 0.938 bits per heavy atom. The van der Waals surface area contributed by atoms with Gasteiger partial charge < -0.3 is 20.1 Å². The molecule has 4 rings (SSSR count). The number of thiophene rings is 1. The zero-order chi connectivity index (χ0) is 22.6. The van der Waals surface area contributed by atoms with Gasteiger partial charge in [-0.1, -0.05) is 30.3 Å². The molecule has 0 fully saturated rings. The molecule has 1 aromatic heterocycles. The first-order chi connectivity index (χ1) is 15.4. The molecule has 2 aromatic carbocycles. The van der Waals surface area contributed by atoms with Gasteiger partial charge in [0.25, 0.3) is 0 Å². The van der Waals surface area contributed by atoms with Crippen molar-refractivity contribution in [3.8, 4) is 11.5 Å². The van der Waals surface area contributed by atoms with Gasteiger partial charge in [0.15, 0.2) is 21.3 Å². The quantitative estimate of drug-likeness (QED) is 0.511. The third kappa shape index (κ3) is 4.76. The highest BCUT2D eigenvalue weighted by Gasteiger charge is 2.31. The maximum absolute atomic E-state index is 13.1. The lowest BCUT2D eigenvalue weighted by atomic mass is 10.2. The van der Waals surface area contributed by atoms with E-state index in [1.807, 2.05) is 0 Å². The molecule has 166 valence electrons. The fraction of sp³-hybridized carbons (Fsp3) is 0.182. The first-order valence-corrected chi connectivity index (χ1v) is 12.1. The molecule has 10 heteroatoms. The van der Waals surface area contributed by atoms with Crippen molar-refractivity contribution in [2.75, 3.05) is 13.3 Å². The van der Waals surface area contributed by atoms with Crippen LogP contribution in [0.5, 0.6) is 11.5 Å². The molecule has 0 radical (unpaired) electrons. The number of hydrogen-bond donors (Lipinski definition) is 2. The van der Waals surface area contributed by atoms with Gasteiger partial charge in [0.2, 0.25) is 6.79 Å². The Morgan fingerprint density at radius 2 is 1.69 bits per heavy atom. The van der Waals surface area contributed by atoms with Crippen molar-refractivity contribution in [3.05, 3.63) is 76.5 Å². The molecule has 2 amide bonds. The van der Waals surface area contributed by atoms with Gasteiger partial charge in [0.05, 0.1) is 4.90 Å². The van der Waals surface area contributed by atoms with Crippen molar-refractivity contribution < 1.29 is 27.5 Å². The minimum atomic E-state index is -3.77. The number of benzene rings is 2. The van der Waals surface area contributed by atoms with Crippen LogP contribution in [-0.4, -0.2) is 33.6 Å². The molecular formula is C22H20N2O6S2. The highest BCUT2D eigenvalue weighted by molar-refractivity contribution is 7.91. The Kier molecular flexibility index (Phi) is 6.42. The number of carbonyl (C=O) groups excluding carboxylic acids is 2. The van der Waals surface area contributed by atoms with Crippen LogP contribution in [0.4, 0.5) is 0 Å². The summed E-state index contributed by atoms with van der Waals surface area (Å²) in [6.45, 7) is 0.0262. The van der Waals surface area contributed by atoms with Crippen molar-refractivity contribution in [1.29, 1.82) is 0 Å². The lowest BCUT2D eigenvalue weighted by Gasteiger charge is -2.17. The van der Waals surface area contributed by atoms with Crippen molar-refractivity contribution in [3.63, 3.8) is 0 Å². The van der Waals surface area contributed by atoms with Crippen LogP contribution in [0.25, 0.3) is 0 Å². The van der Waals surface area contributed by atoms with Gasteiger partial charge in [0, 0.05) is 18.0 Å². The largest absolute Gasteiger partial charge is 0.454 e. The van der Waals surface area contributed by atoms with Crippen LogP contribution in [0.15, 0.2) is 70.9 Å². The van der Waals surface area contributed by atoms with E-state index in [0.717, 1.165) is 5.56 Å². The van der Waals surface area contributed by atoms with Gasteiger partial charge in [-0.2, -0.15) is 0 Å². The van der Waals surface area contributed by atoms with E-state index >= 15 is 0 Å². The summed E-state index contributed by atoms with van der Waals surface area (Å²) in [4.78, 5) is 25.3. The zero-order valence-electron chi connectivity index (χ0n) is 16.8. The third-order valence-corrected chi connectivity index (χ3v) is 8.09. The Morgan fingerprint density at radius 3 is 2.44 bits per heavy atom. The number of nitrogens with one attached hydrogen (secondary N) is 2. The normalized spacial score (nSPS) is 13.4. The zero-order valence-corrected chi connectivity index (χ0v) is 18.4. The lowest BCUT2D eigenvalue weighted by molar-refractivity contribution is -0.139. The van der Waals surface area contributed by atoms with Crippen molar-refractivity contribution >= 4 is 33.0 Å². The summed E-state index contributed by atoms with van der Waals surface area (Å²) in [6, 6.07) is 16.7. The number of sulfone groups is 1. The predicted molar refractivity (Wildman–Crippen MR) is 118 cm³/mol. The van der Waals surface area contributed by atoms with Gasteiger partial charge in [-0.3, -0.25) is 9.59 Å². The summed E-state index contributed by atoms with van der Waals surface area (Å²) in [5, 5.41) is 5.74. The predicted octanol–water partition coefficient (Wildman–Crippen LogP) is 2.42. The minimum absolute atomic E-state index is 0.111. The summed E-state index contributed by atoms with van der Waals surface area (Å²) in [6.07, 6.45) is 0. The van der Waals surface area contributed by atoms with Crippen LogP contribution in [-0.2, 0) is 26.0 Å². The monoisotopic (exact) mass is 472 g/mol. The molecule has 2 heterocycles. The summed E-state index contributed by atoms with van der Waals surface area (Å²) in [5.74, 6) is -0.566. The molecule has 0 bridgehead atoms. The number of hydrogen-bond acceptors (Lipinski definition) is 7. The number of amides is 2. The van der Waals surface area contributed by atoms with E-state index in [4.69, 9.17) is 9.47 Å². The standard InChI is InChI=1S/C22H20N2O6S2/c25-21(23-12-15-8-9-17-18(11-15)30-14-29-17)22(26)24-13-20(19-7-4-10-31-19)32(27,28)16-5-2-1-3-6-16/h1-11,20H,12-14H2,(H,23,25)(H,24,26).